The summed E-state index contributed by atoms with van der Waals surface area (Å²) in [6.07, 6.45) is 0. The lowest BCUT2D eigenvalue weighted by molar-refractivity contribution is -0.384. The summed E-state index contributed by atoms with van der Waals surface area (Å²) in [6, 6.07) is 29.0. The monoisotopic (exact) mass is 493 g/mol. The van der Waals surface area contributed by atoms with Crippen LogP contribution in [0.1, 0.15) is 15.9 Å². The fourth-order valence-electron chi connectivity index (χ4n) is 3.44. The van der Waals surface area contributed by atoms with E-state index in [4.69, 9.17) is 13.9 Å². The van der Waals surface area contributed by atoms with Crippen LogP contribution in [0, 0.1) is 10.1 Å². The number of aromatic nitrogens is 2. The molecule has 5 aromatic rings. The number of esters is 1. The number of hydrogen-bond acceptors (Lipinski definition) is 8. The summed E-state index contributed by atoms with van der Waals surface area (Å²) in [6.45, 7) is 0.0858. The summed E-state index contributed by atoms with van der Waals surface area (Å²) in [5.74, 6) is 1.34. The highest BCUT2D eigenvalue weighted by molar-refractivity contribution is 5.89. The van der Waals surface area contributed by atoms with Crippen LogP contribution in [0.3, 0.4) is 0 Å². The Bertz CT molecular complexity index is 1510. The van der Waals surface area contributed by atoms with Gasteiger partial charge >= 0.3 is 5.97 Å². The zero-order valence-electron chi connectivity index (χ0n) is 19.3. The Labute approximate surface area is 211 Å². The van der Waals surface area contributed by atoms with Gasteiger partial charge in [0, 0.05) is 23.3 Å². The second-order valence-corrected chi connectivity index (χ2v) is 7.93. The number of rotatable bonds is 8. The SMILES string of the molecule is O=C(OCc1ccc(Oc2ccc([N+](=O)[O-])cc2)cc1)c1ccc(-c2nnc(-c3ccccc3)o2)cc1. The normalized spacial score (nSPS) is 10.6. The van der Waals surface area contributed by atoms with Crippen LogP contribution in [0.25, 0.3) is 22.9 Å². The third kappa shape index (κ3) is 5.68. The maximum atomic E-state index is 12.5. The summed E-state index contributed by atoms with van der Waals surface area (Å²) in [5, 5.41) is 18.9. The Morgan fingerprint density at radius 1 is 0.757 bits per heavy atom. The van der Waals surface area contributed by atoms with Gasteiger partial charge in [-0.05, 0) is 66.2 Å². The molecule has 1 heterocycles. The first kappa shape index (κ1) is 23.4. The number of nitrogens with zero attached hydrogens (tertiary/aromatic N) is 3. The molecule has 5 rings (SSSR count). The van der Waals surface area contributed by atoms with Gasteiger partial charge in [0.25, 0.3) is 5.69 Å². The molecular formula is C28H19N3O6. The van der Waals surface area contributed by atoms with Crippen molar-refractivity contribution in [2.24, 2.45) is 0 Å². The molecule has 182 valence electrons. The first-order chi connectivity index (χ1) is 18.0. The molecule has 0 saturated heterocycles. The van der Waals surface area contributed by atoms with E-state index >= 15 is 0 Å². The molecular weight excluding hydrogens is 474 g/mol. The number of nitro groups is 1. The second kappa shape index (κ2) is 10.5. The van der Waals surface area contributed by atoms with E-state index < -0.39 is 10.9 Å². The van der Waals surface area contributed by atoms with Crippen LogP contribution in [-0.2, 0) is 11.3 Å². The predicted molar refractivity (Wildman–Crippen MR) is 134 cm³/mol. The molecule has 0 N–H and O–H groups in total. The highest BCUT2D eigenvalue weighted by Gasteiger charge is 2.13. The average molecular weight is 493 g/mol. The zero-order valence-corrected chi connectivity index (χ0v) is 19.3. The van der Waals surface area contributed by atoms with Crippen molar-refractivity contribution in [1.82, 2.24) is 10.2 Å². The van der Waals surface area contributed by atoms with E-state index in [1.807, 2.05) is 30.3 Å². The molecule has 0 aliphatic carbocycles. The number of benzene rings is 4. The van der Waals surface area contributed by atoms with Crippen molar-refractivity contribution in [2.45, 2.75) is 6.61 Å². The van der Waals surface area contributed by atoms with Gasteiger partial charge in [0.05, 0.1) is 10.5 Å². The van der Waals surface area contributed by atoms with Crippen molar-refractivity contribution in [3.63, 3.8) is 0 Å². The first-order valence-corrected chi connectivity index (χ1v) is 11.2. The van der Waals surface area contributed by atoms with Crippen LogP contribution >= 0.6 is 0 Å². The molecule has 0 aliphatic heterocycles. The molecule has 0 radical (unpaired) electrons. The number of carbonyl (C=O) groups is 1. The van der Waals surface area contributed by atoms with Gasteiger partial charge in [-0.1, -0.05) is 30.3 Å². The van der Waals surface area contributed by atoms with E-state index in [9.17, 15) is 14.9 Å². The minimum absolute atomic E-state index is 0.00834. The smallest absolute Gasteiger partial charge is 0.338 e. The van der Waals surface area contributed by atoms with Crippen molar-refractivity contribution in [3.05, 3.63) is 124 Å². The largest absolute Gasteiger partial charge is 0.457 e. The third-order valence-electron chi connectivity index (χ3n) is 5.39. The molecule has 0 fully saturated rings. The molecule has 4 aromatic carbocycles. The Morgan fingerprint density at radius 3 is 1.92 bits per heavy atom. The van der Waals surface area contributed by atoms with Gasteiger partial charge in [0.2, 0.25) is 11.8 Å². The molecule has 1 aromatic heterocycles. The number of carbonyl (C=O) groups excluding carboxylic acids is 1. The summed E-state index contributed by atoms with van der Waals surface area (Å²) in [5.41, 5.74) is 2.68. The van der Waals surface area contributed by atoms with Crippen molar-refractivity contribution >= 4 is 11.7 Å². The Kier molecular flexibility index (Phi) is 6.67. The van der Waals surface area contributed by atoms with Crippen LogP contribution in [0.15, 0.2) is 108 Å². The lowest BCUT2D eigenvalue weighted by Crippen LogP contribution is -2.05. The second-order valence-electron chi connectivity index (χ2n) is 7.93. The highest BCUT2D eigenvalue weighted by Crippen LogP contribution is 2.25. The lowest BCUT2D eigenvalue weighted by Gasteiger charge is -2.08. The van der Waals surface area contributed by atoms with Crippen LogP contribution in [0.4, 0.5) is 5.69 Å². The van der Waals surface area contributed by atoms with Crippen LogP contribution < -0.4 is 4.74 Å². The third-order valence-corrected chi connectivity index (χ3v) is 5.39. The average Bonchev–Trinajstić information content (AvgIpc) is 3.44. The van der Waals surface area contributed by atoms with Crippen LogP contribution in [-0.4, -0.2) is 21.1 Å². The molecule has 0 saturated carbocycles. The van der Waals surface area contributed by atoms with E-state index in [1.165, 1.54) is 24.3 Å². The van der Waals surface area contributed by atoms with Gasteiger partial charge in [-0.25, -0.2) is 4.79 Å². The van der Waals surface area contributed by atoms with Crippen LogP contribution in [0.5, 0.6) is 11.5 Å². The standard InChI is InChI=1S/C28H19N3O6/c32-28(22-10-8-21(9-11-22)27-30-29-26(37-27)20-4-2-1-3-5-20)35-18-19-6-14-24(15-7-19)36-25-16-12-23(13-17-25)31(33)34/h1-17H,18H2. The molecule has 0 bridgehead atoms. The quantitative estimate of drug-likeness (QED) is 0.137. The van der Waals surface area contributed by atoms with Crippen molar-refractivity contribution < 1.29 is 23.6 Å². The lowest BCUT2D eigenvalue weighted by atomic mass is 10.1. The van der Waals surface area contributed by atoms with E-state index in [2.05, 4.69) is 10.2 Å². The Morgan fingerprint density at radius 2 is 1.32 bits per heavy atom. The molecule has 37 heavy (non-hydrogen) atoms. The van der Waals surface area contributed by atoms with Gasteiger partial charge < -0.3 is 13.9 Å². The summed E-state index contributed by atoms with van der Waals surface area (Å²) in [7, 11) is 0. The van der Waals surface area contributed by atoms with E-state index in [0.29, 0.717) is 34.4 Å². The fourth-order valence-corrected chi connectivity index (χ4v) is 3.44. The maximum absolute atomic E-state index is 12.5. The molecule has 0 spiro atoms. The summed E-state index contributed by atoms with van der Waals surface area (Å²) in [4.78, 5) is 22.8. The van der Waals surface area contributed by atoms with Gasteiger partial charge in [-0.3, -0.25) is 10.1 Å². The number of hydrogen-bond donors (Lipinski definition) is 0. The fraction of sp³-hybridized carbons (Fsp3) is 0.0357. The maximum Gasteiger partial charge on any atom is 0.338 e. The zero-order chi connectivity index (χ0) is 25.6. The summed E-state index contributed by atoms with van der Waals surface area (Å²) >= 11 is 0. The molecule has 0 atom stereocenters. The summed E-state index contributed by atoms with van der Waals surface area (Å²) < 4.78 is 16.9. The van der Waals surface area contributed by atoms with Crippen molar-refractivity contribution in [2.75, 3.05) is 0 Å². The molecule has 9 heteroatoms. The number of nitro benzene ring substituents is 1. The van der Waals surface area contributed by atoms with Crippen LogP contribution in [0.2, 0.25) is 0 Å². The number of ether oxygens (including phenoxy) is 2. The highest BCUT2D eigenvalue weighted by atomic mass is 16.6. The van der Waals surface area contributed by atoms with E-state index in [-0.39, 0.29) is 12.3 Å². The van der Waals surface area contributed by atoms with E-state index in [1.54, 1.807) is 48.5 Å². The molecule has 9 nitrogen and oxygen atoms in total. The first-order valence-electron chi connectivity index (χ1n) is 11.2. The van der Waals surface area contributed by atoms with Crippen molar-refractivity contribution in [3.8, 4) is 34.4 Å². The minimum Gasteiger partial charge on any atom is -0.457 e. The molecule has 0 amide bonds. The molecule has 0 aliphatic rings. The Balaban J connectivity index is 1.15. The minimum atomic E-state index is -0.469. The van der Waals surface area contributed by atoms with Gasteiger partial charge in [0.15, 0.2) is 0 Å². The van der Waals surface area contributed by atoms with Gasteiger partial charge in [-0.2, -0.15) is 0 Å². The van der Waals surface area contributed by atoms with Gasteiger partial charge in [0.1, 0.15) is 18.1 Å². The molecule has 0 unspecified atom stereocenters. The predicted octanol–water partition coefficient (Wildman–Crippen LogP) is 6.46. The van der Waals surface area contributed by atoms with Crippen molar-refractivity contribution in [1.29, 1.82) is 0 Å². The van der Waals surface area contributed by atoms with Gasteiger partial charge in [-0.15, -0.1) is 10.2 Å². The Hall–Kier alpha value is -5.31. The van der Waals surface area contributed by atoms with E-state index in [0.717, 1.165) is 11.1 Å². The topological polar surface area (TPSA) is 118 Å². The number of non-ortho nitro benzene ring substituents is 1.